The van der Waals surface area contributed by atoms with Gasteiger partial charge in [-0.15, -0.1) is 11.3 Å². The summed E-state index contributed by atoms with van der Waals surface area (Å²) in [6.45, 7) is 0.771. The number of hydrogen-bond donors (Lipinski definition) is 1. The molecular weight excluding hydrogens is 357 g/mol. The highest BCUT2D eigenvalue weighted by Gasteiger charge is 2.20. The Bertz CT molecular complexity index is 749. The Morgan fingerprint density at radius 2 is 2.00 bits per heavy atom. The van der Waals surface area contributed by atoms with Gasteiger partial charge in [-0.05, 0) is 29.8 Å². The van der Waals surface area contributed by atoms with Crippen LogP contribution in [0.1, 0.15) is 24.9 Å². The minimum atomic E-state index is -1.08. The van der Waals surface area contributed by atoms with E-state index in [1.165, 1.54) is 42.3 Å². The molecule has 24 heavy (non-hydrogen) atoms. The van der Waals surface area contributed by atoms with Crippen LogP contribution < -0.4 is 0 Å². The molecule has 0 bridgehead atoms. The standard InChI is InChI=1S/C16H15ClFNO4S/c1-23-7-6-19(9-10-2-3-11(18)8-12(10)17)15(20)13-4-5-14(24-13)16(21)22/h2-5,8H,6-7,9H2,1H3,(H,21,22). The van der Waals surface area contributed by atoms with Crippen molar-refractivity contribution in [3.63, 3.8) is 0 Å². The Labute approximate surface area is 147 Å². The molecule has 1 amide bonds. The molecule has 2 aromatic rings. The number of amides is 1. The number of carbonyl (C=O) groups excluding carboxylic acids is 1. The Kier molecular flexibility index (Phi) is 6.30. The molecule has 8 heteroatoms. The summed E-state index contributed by atoms with van der Waals surface area (Å²) in [6.07, 6.45) is 0. The molecule has 1 heterocycles. The summed E-state index contributed by atoms with van der Waals surface area (Å²) >= 11 is 6.92. The van der Waals surface area contributed by atoms with Gasteiger partial charge in [0.2, 0.25) is 0 Å². The third-order valence-corrected chi connectivity index (χ3v) is 4.67. The minimum Gasteiger partial charge on any atom is -0.477 e. The fraction of sp³-hybridized carbons (Fsp3) is 0.250. The van der Waals surface area contributed by atoms with Gasteiger partial charge in [-0.3, -0.25) is 4.79 Å². The number of aromatic carboxylic acids is 1. The molecule has 0 aliphatic carbocycles. The molecule has 0 atom stereocenters. The minimum absolute atomic E-state index is 0.0878. The summed E-state index contributed by atoms with van der Waals surface area (Å²) < 4.78 is 18.2. The second kappa shape index (κ2) is 8.23. The average Bonchev–Trinajstić information content (AvgIpc) is 3.03. The van der Waals surface area contributed by atoms with E-state index >= 15 is 0 Å². The van der Waals surface area contributed by atoms with Crippen molar-refractivity contribution in [2.45, 2.75) is 6.54 Å². The number of hydrogen-bond acceptors (Lipinski definition) is 4. The van der Waals surface area contributed by atoms with Crippen molar-refractivity contribution in [3.8, 4) is 0 Å². The zero-order chi connectivity index (χ0) is 17.7. The molecule has 128 valence electrons. The van der Waals surface area contributed by atoms with E-state index in [0.717, 1.165) is 11.3 Å². The summed E-state index contributed by atoms with van der Waals surface area (Å²) in [7, 11) is 1.52. The lowest BCUT2D eigenvalue weighted by molar-refractivity contribution is 0.0683. The quantitative estimate of drug-likeness (QED) is 0.808. The van der Waals surface area contributed by atoms with Crippen LogP contribution in [0.3, 0.4) is 0 Å². The maximum atomic E-state index is 13.2. The van der Waals surface area contributed by atoms with Crippen molar-refractivity contribution in [2.75, 3.05) is 20.3 Å². The van der Waals surface area contributed by atoms with Crippen molar-refractivity contribution in [3.05, 3.63) is 56.5 Å². The Hall–Kier alpha value is -1.96. The molecule has 1 aromatic heterocycles. The average molecular weight is 372 g/mol. The first-order valence-electron chi connectivity index (χ1n) is 6.97. The van der Waals surface area contributed by atoms with E-state index in [0.29, 0.717) is 23.6 Å². The van der Waals surface area contributed by atoms with E-state index < -0.39 is 11.8 Å². The Balaban J connectivity index is 2.22. The summed E-state index contributed by atoms with van der Waals surface area (Å²) in [6, 6.07) is 6.83. The smallest absolute Gasteiger partial charge is 0.345 e. The molecule has 1 N–H and O–H groups in total. The van der Waals surface area contributed by atoms with Gasteiger partial charge in [-0.2, -0.15) is 0 Å². The molecule has 2 rings (SSSR count). The van der Waals surface area contributed by atoms with Crippen molar-refractivity contribution in [2.24, 2.45) is 0 Å². The van der Waals surface area contributed by atoms with Gasteiger partial charge in [0, 0.05) is 25.2 Å². The lowest BCUT2D eigenvalue weighted by atomic mass is 10.2. The number of halogens is 2. The number of carbonyl (C=O) groups is 2. The number of rotatable bonds is 7. The van der Waals surface area contributed by atoms with Crippen LogP contribution in [0.25, 0.3) is 0 Å². The number of nitrogens with zero attached hydrogens (tertiary/aromatic N) is 1. The highest BCUT2D eigenvalue weighted by Crippen LogP contribution is 2.22. The fourth-order valence-electron chi connectivity index (χ4n) is 2.03. The third kappa shape index (κ3) is 4.53. The molecule has 0 radical (unpaired) electrons. The van der Waals surface area contributed by atoms with Gasteiger partial charge < -0.3 is 14.7 Å². The van der Waals surface area contributed by atoms with E-state index in [9.17, 15) is 14.0 Å². The van der Waals surface area contributed by atoms with Crippen LogP contribution in [0.5, 0.6) is 0 Å². The molecule has 0 spiro atoms. The number of benzene rings is 1. The Morgan fingerprint density at radius 1 is 1.29 bits per heavy atom. The largest absolute Gasteiger partial charge is 0.477 e. The van der Waals surface area contributed by atoms with Gasteiger partial charge >= 0.3 is 5.97 Å². The number of carboxylic acid groups (broad SMARTS) is 1. The molecule has 5 nitrogen and oxygen atoms in total. The maximum absolute atomic E-state index is 13.2. The maximum Gasteiger partial charge on any atom is 0.345 e. The van der Waals surface area contributed by atoms with E-state index in [1.54, 1.807) is 0 Å². The van der Waals surface area contributed by atoms with Gasteiger partial charge in [0.15, 0.2) is 0 Å². The molecule has 1 aromatic carbocycles. The Morgan fingerprint density at radius 3 is 2.58 bits per heavy atom. The monoisotopic (exact) mass is 371 g/mol. The summed E-state index contributed by atoms with van der Waals surface area (Å²) in [5.74, 6) is -1.86. The van der Waals surface area contributed by atoms with Crippen LogP contribution in [-0.4, -0.2) is 42.1 Å². The van der Waals surface area contributed by atoms with E-state index in [1.807, 2.05) is 0 Å². The van der Waals surface area contributed by atoms with Crippen LogP contribution in [0, 0.1) is 5.82 Å². The first-order chi connectivity index (χ1) is 11.4. The summed E-state index contributed by atoms with van der Waals surface area (Å²) in [5.41, 5.74) is 0.595. The normalized spacial score (nSPS) is 10.6. The zero-order valence-electron chi connectivity index (χ0n) is 12.8. The molecule has 0 saturated heterocycles. The van der Waals surface area contributed by atoms with Crippen LogP contribution >= 0.6 is 22.9 Å². The second-order valence-electron chi connectivity index (χ2n) is 4.92. The number of ether oxygens (including phenoxy) is 1. The van der Waals surface area contributed by atoms with Gasteiger partial charge in [0.25, 0.3) is 5.91 Å². The van der Waals surface area contributed by atoms with Gasteiger partial charge in [0.05, 0.1) is 11.5 Å². The number of thiophene rings is 1. The highest BCUT2D eigenvalue weighted by molar-refractivity contribution is 7.15. The molecule has 0 fully saturated rings. The number of carboxylic acids is 1. The lowest BCUT2D eigenvalue weighted by Crippen LogP contribution is -2.33. The van der Waals surface area contributed by atoms with Crippen molar-refractivity contribution >= 4 is 34.8 Å². The van der Waals surface area contributed by atoms with Crippen molar-refractivity contribution in [1.29, 1.82) is 0 Å². The topological polar surface area (TPSA) is 66.8 Å². The van der Waals surface area contributed by atoms with Crippen LogP contribution in [0.4, 0.5) is 4.39 Å². The predicted octanol–water partition coefficient (Wildman–Crippen LogP) is 3.53. The van der Waals surface area contributed by atoms with E-state index in [4.69, 9.17) is 21.4 Å². The van der Waals surface area contributed by atoms with Gasteiger partial charge in [0.1, 0.15) is 10.7 Å². The second-order valence-corrected chi connectivity index (χ2v) is 6.42. The van der Waals surface area contributed by atoms with Crippen molar-refractivity contribution in [1.82, 2.24) is 4.90 Å². The van der Waals surface area contributed by atoms with Crippen molar-refractivity contribution < 1.29 is 23.8 Å². The van der Waals surface area contributed by atoms with E-state index in [-0.39, 0.29) is 22.4 Å². The zero-order valence-corrected chi connectivity index (χ0v) is 14.4. The predicted molar refractivity (Wildman–Crippen MR) is 89.3 cm³/mol. The van der Waals surface area contributed by atoms with Crippen LogP contribution in [-0.2, 0) is 11.3 Å². The summed E-state index contributed by atoms with van der Waals surface area (Å²) in [4.78, 5) is 25.5. The van der Waals surface area contributed by atoms with Crippen LogP contribution in [0.15, 0.2) is 30.3 Å². The fourth-order valence-corrected chi connectivity index (χ4v) is 3.07. The molecule has 0 aliphatic heterocycles. The first kappa shape index (κ1) is 18.4. The lowest BCUT2D eigenvalue weighted by Gasteiger charge is -2.22. The molecule has 0 saturated carbocycles. The van der Waals surface area contributed by atoms with Crippen LogP contribution in [0.2, 0.25) is 5.02 Å². The highest BCUT2D eigenvalue weighted by atomic mass is 35.5. The van der Waals surface area contributed by atoms with Gasteiger partial charge in [-0.25, -0.2) is 9.18 Å². The molecule has 0 aliphatic rings. The number of methoxy groups -OCH3 is 1. The molecule has 0 unspecified atom stereocenters. The SMILES string of the molecule is COCCN(Cc1ccc(F)cc1Cl)C(=O)c1ccc(C(=O)O)s1. The summed E-state index contributed by atoms with van der Waals surface area (Å²) in [5, 5.41) is 9.19. The third-order valence-electron chi connectivity index (χ3n) is 3.26. The molecular formula is C16H15ClFNO4S. The van der Waals surface area contributed by atoms with Gasteiger partial charge in [-0.1, -0.05) is 17.7 Å². The van der Waals surface area contributed by atoms with E-state index in [2.05, 4.69) is 0 Å². The first-order valence-corrected chi connectivity index (χ1v) is 8.17.